The Morgan fingerprint density at radius 1 is 1.08 bits per heavy atom. The minimum atomic E-state index is -0.691. The summed E-state index contributed by atoms with van der Waals surface area (Å²) in [6, 6.07) is 10.2. The quantitative estimate of drug-likeness (QED) is 0.722. The number of carbonyl (C=O) groups is 1. The fourth-order valence-electron chi connectivity index (χ4n) is 2.28. The van der Waals surface area contributed by atoms with Crippen molar-refractivity contribution in [2.75, 3.05) is 18.5 Å². The van der Waals surface area contributed by atoms with Gasteiger partial charge in [0.1, 0.15) is 17.4 Å². The lowest BCUT2D eigenvalue weighted by atomic mass is 9.87. The van der Waals surface area contributed by atoms with Gasteiger partial charge in [-0.1, -0.05) is 32.9 Å². The van der Waals surface area contributed by atoms with Gasteiger partial charge in [0.15, 0.2) is 0 Å². The van der Waals surface area contributed by atoms with Crippen LogP contribution < -0.4 is 15.4 Å². The second-order valence-electron chi connectivity index (χ2n) is 6.98. The number of anilines is 1. The number of halogens is 2. The molecule has 0 aliphatic rings. The molecule has 0 saturated carbocycles. The van der Waals surface area contributed by atoms with E-state index in [1.165, 1.54) is 5.56 Å². The normalized spacial score (nSPS) is 11.1. The lowest BCUT2D eigenvalue weighted by molar-refractivity contribution is 0.250. The van der Waals surface area contributed by atoms with Crippen molar-refractivity contribution >= 4 is 11.7 Å². The van der Waals surface area contributed by atoms with E-state index in [0.717, 1.165) is 23.9 Å². The Hall–Kier alpha value is -2.63. The minimum absolute atomic E-state index is 0.0942. The summed E-state index contributed by atoms with van der Waals surface area (Å²) in [4.78, 5) is 11.7. The molecule has 0 aromatic heterocycles. The van der Waals surface area contributed by atoms with Crippen molar-refractivity contribution in [2.24, 2.45) is 0 Å². The summed E-state index contributed by atoms with van der Waals surface area (Å²) in [5.41, 5.74) is 1.13. The second kappa shape index (κ2) is 8.65. The first-order valence-corrected chi connectivity index (χ1v) is 8.49. The molecule has 140 valence electrons. The van der Waals surface area contributed by atoms with E-state index >= 15 is 0 Å². The molecule has 0 fully saturated rings. The average Bonchev–Trinajstić information content (AvgIpc) is 2.57. The van der Waals surface area contributed by atoms with E-state index in [4.69, 9.17) is 4.74 Å². The van der Waals surface area contributed by atoms with Crippen LogP contribution in [0.2, 0.25) is 0 Å². The molecule has 6 heteroatoms. The molecule has 0 saturated heterocycles. The number of rotatable bonds is 6. The number of carbonyl (C=O) groups excluding carboxylic acids is 1. The van der Waals surface area contributed by atoms with Gasteiger partial charge >= 0.3 is 6.03 Å². The third-order valence-corrected chi connectivity index (χ3v) is 3.77. The van der Waals surface area contributed by atoms with Crippen LogP contribution in [-0.4, -0.2) is 19.2 Å². The van der Waals surface area contributed by atoms with Crippen LogP contribution >= 0.6 is 0 Å². The number of urea groups is 1. The van der Waals surface area contributed by atoms with E-state index in [1.807, 2.05) is 24.3 Å². The van der Waals surface area contributed by atoms with Gasteiger partial charge in [-0.05, 0) is 41.7 Å². The molecule has 2 rings (SSSR count). The molecule has 26 heavy (non-hydrogen) atoms. The fraction of sp³-hybridized carbons (Fsp3) is 0.350. The van der Waals surface area contributed by atoms with Crippen LogP contribution in [0.25, 0.3) is 0 Å². The fourth-order valence-corrected chi connectivity index (χ4v) is 2.28. The number of nitrogens with one attached hydrogen (secondary N) is 2. The maximum Gasteiger partial charge on any atom is 0.319 e. The zero-order valence-corrected chi connectivity index (χ0v) is 15.2. The first-order chi connectivity index (χ1) is 12.3. The highest BCUT2D eigenvalue weighted by molar-refractivity contribution is 5.89. The molecule has 0 aliphatic heterocycles. The predicted octanol–water partition coefficient (Wildman–Crippen LogP) is 4.85. The van der Waals surface area contributed by atoms with Crippen LogP contribution in [0.5, 0.6) is 5.75 Å². The summed E-state index contributed by atoms with van der Waals surface area (Å²) in [6.07, 6.45) is 0.583. The van der Waals surface area contributed by atoms with Gasteiger partial charge in [0.05, 0.1) is 12.3 Å². The number of hydrogen-bond donors (Lipinski definition) is 2. The molecule has 0 heterocycles. The molecule has 0 radical (unpaired) electrons. The Morgan fingerprint density at radius 2 is 1.77 bits per heavy atom. The predicted molar refractivity (Wildman–Crippen MR) is 98.6 cm³/mol. The molecule has 2 aromatic rings. The summed E-state index contributed by atoms with van der Waals surface area (Å²) in [5, 5.41) is 4.85. The average molecular weight is 362 g/mol. The summed E-state index contributed by atoms with van der Waals surface area (Å²) >= 11 is 0. The van der Waals surface area contributed by atoms with E-state index < -0.39 is 17.7 Å². The van der Waals surface area contributed by atoms with Gasteiger partial charge in [0.2, 0.25) is 0 Å². The van der Waals surface area contributed by atoms with Crippen molar-refractivity contribution in [1.29, 1.82) is 0 Å². The third kappa shape index (κ3) is 6.02. The standard InChI is InChI=1S/C20H24F2N2O2/c1-20(2,3)14-5-8-16(9-6-14)26-12-4-11-23-19(25)24-18-13-15(21)7-10-17(18)22/h5-10,13H,4,11-12H2,1-3H3,(H2,23,24,25). The Morgan fingerprint density at radius 3 is 2.42 bits per heavy atom. The lowest BCUT2D eigenvalue weighted by Crippen LogP contribution is -2.30. The highest BCUT2D eigenvalue weighted by Gasteiger charge is 2.13. The molecule has 0 unspecified atom stereocenters. The maximum atomic E-state index is 13.4. The number of ether oxygens (including phenoxy) is 1. The SMILES string of the molecule is CC(C)(C)c1ccc(OCCCNC(=O)Nc2cc(F)ccc2F)cc1. The zero-order chi connectivity index (χ0) is 19.2. The molecule has 2 N–H and O–H groups in total. The number of amides is 2. The van der Waals surface area contributed by atoms with Crippen LogP contribution in [0.15, 0.2) is 42.5 Å². The largest absolute Gasteiger partial charge is 0.494 e. The number of benzene rings is 2. The monoisotopic (exact) mass is 362 g/mol. The second-order valence-corrected chi connectivity index (χ2v) is 6.98. The Kier molecular flexibility index (Phi) is 6.55. The molecule has 0 atom stereocenters. The summed E-state index contributed by atoms with van der Waals surface area (Å²) in [7, 11) is 0. The van der Waals surface area contributed by atoms with Gasteiger partial charge in [-0.2, -0.15) is 0 Å². The smallest absolute Gasteiger partial charge is 0.319 e. The zero-order valence-electron chi connectivity index (χ0n) is 15.2. The molecular formula is C20H24F2N2O2. The van der Waals surface area contributed by atoms with Crippen LogP contribution in [0.1, 0.15) is 32.8 Å². The first kappa shape index (κ1) is 19.7. The molecule has 0 spiro atoms. The maximum absolute atomic E-state index is 13.4. The summed E-state index contributed by atoms with van der Waals surface area (Å²) in [6.45, 7) is 7.23. The molecule has 4 nitrogen and oxygen atoms in total. The molecule has 0 bridgehead atoms. The van der Waals surface area contributed by atoms with Crippen molar-refractivity contribution in [2.45, 2.75) is 32.6 Å². The molecule has 2 aromatic carbocycles. The van der Waals surface area contributed by atoms with E-state index in [2.05, 4.69) is 31.4 Å². The van der Waals surface area contributed by atoms with Crippen LogP contribution in [0.3, 0.4) is 0 Å². The topological polar surface area (TPSA) is 50.4 Å². The van der Waals surface area contributed by atoms with E-state index in [-0.39, 0.29) is 11.1 Å². The highest BCUT2D eigenvalue weighted by Crippen LogP contribution is 2.24. The van der Waals surface area contributed by atoms with Crippen molar-refractivity contribution in [3.63, 3.8) is 0 Å². The van der Waals surface area contributed by atoms with E-state index in [0.29, 0.717) is 19.6 Å². The van der Waals surface area contributed by atoms with Crippen molar-refractivity contribution < 1.29 is 18.3 Å². The highest BCUT2D eigenvalue weighted by atomic mass is 19.1. The lowest BCUT2D eigenvalue weighted by Gasteiger charge is -2.19. The van der Waals surface area contributed by atoms with Crippen molar-refractivity contribution in [1.82, 2.24) is 5.32 Å². The van der Waals surface area contributed by atoms with Gasteiger partial charge in [-0.3, -0.25) is 0 Å². The van der Waals surface area contributed by atoms with Crippen LogP contribution in [0.4, 0.5) is 19.3 Å². The van der Waals surface area contributed by atoms with E-state index in [9.17, 15) is 13.6 Å². The Labute approximate surface area is 152 Å². The van der Waals surface area contributed by atoms with Crippen molar-refractivity contribution in [3.8, 4) is 5.75 Å². The van der Waals surface area contributed by atoms with Gasteiger partial charge < -0.3 is 15.4 Å². The Balaban J connectivity index is 1.68. The molecular weight excluding hydrogens is 338 g/mol. The third-order valence-electron chi connectivity index (χ3n) is 3.77. The van der Waals surface area contributed by atoms with Crippen molar-refractivity contribution in [3.05, 3.63) is 59.7 Å². The molecule has 2 amide bonds. The summed E-state index contributed by atoms with van der Waals surface area (Å²) in [5.74, 6) is -0.541. The van der Waals surface area contributed by atoms with Crippen LogP contribution in [0, 0.1) is 11.6 Å². The van der Waals surface area contributed by atoms with E-state index in [1.54, 1.807) is 0 Å². The summed E-state index contributed by atoms with van der Waals surface area (Å²) < 4.78 is 32.1. The minimum Gasteiger partial charge on any atom is -0.494 e. The van der Waals surface area contributed by atoms with Gasteiger partial charge in [0.25, 0.3) is 0 Å². The van der Waals surface area contributed by atoms with Gasteiger partial charge in [0, 0.05) is 12.6 Å². The van der Waals surface area contributed by atoms with Gasteiger partial charge in [-0.15, -0.1) is 0 Å². The van der Waals surface area contributed by atoms with Crippen LogP contribution in [-0.2, 0) is 5.41 Å². The van der Waals surface area contributed by atoms with Gasteiger partial charge in [-0.25, -0.2) is 13.6 Å². The number of hydrogen-bond acceptors (Lipinski definition) is 2. The Bertz CT molecular complexity index is 740. The first-order valence-electron chi connectivity index (χ1n) is 8.49. The molecule has 0 aliphatic carbocycles.